The number of benzene rings is 2. The summed E-state index contributed by atoms with van der Waals surface area (Å²) < 4.78 is 13.4. The molecule has 0 spiro atoms. The molecule has 2 rings (SSSR count). The summed E-state index contributed by atoms with van der Waals surface area (Å²) >= 11 is -0.556. The Kier molecular flexibility index (Phi) is 7.98. The van der Waals surface area contributed by atoms with E-state index in [0.29, 0.717) is 5.30 Å². The summed E-state index contributed by atoms with van der Waals surface area (Å²) in [4.78, 5) is 0. The summed E-state index contributed by atoms with van der Waals surface area (Å²) in [6.45, 7) is 1.84. The van der Waals surface area contributed by atoms with Gasteiger partial charge in [0.1, 0.15) is 11.6 Å². The molecule has 1 atom stereocenters. The van der Waals surface area contributed by atoms with E-state index < -0.39 is 17.0 Å². The second-order valence-electron chi connectivity index (χ2n) is 3.65. The maximum atomic E-state index is 13.4. The molecule has 0 aliphatic heterocycles. The molecule has 2 aromatic carbocycles. The van der Waals surface area contributed by atoms with E-state index in [4.69, 9.17) is 18.6 Å². The van der Waals surface area contributed by atoms with Gasteiger partial charge in [0.25, 0.3) is 0 Å². The molecule has 0 fully saturated rings. The summed E-state index contributed by atoms with van der Waals surface area (Å²) in [6, 6.07) is 12.2. The number of phenols is 1. The Morgan fingerprint density at radius 1 is 1.05 bits per heavy atom. The number of hydrogen-bond donors (Lipinski definition) is 1. The molecule has 0 saturated carbocycles. The quantitative estimate of drug-likeness (QED) is 0.643. The van der Waals surface area contributed by atoms with E-state index in [-0.39, 0.29) is 20.1 Å². The first-order chi connectivity index (χ1) is 9.10. The van der Waals surface area contributed by atoms with Crippen LogP contribution in [0.25, 0.3) is 0 Å². The molecule has 0 aliphatic carbocycles. The number of phenolic OH excluding ortho intramolecular Hbond substituents is 1. The van der Waals surface area contributed by atoms with Crippen molar-refractivity contribution in [3.8, 4) is 5.75 Å². The predicted molar refractivity (Wildman–Crippen MR) is 78.5 cm³/mol. The van der Waals surface area contributed by atoms with Crippen LogP contribution in [-0.4, -0.2) is 5.11 Å². The van der Waals surface area contributed by atoms with Gasteiger partial charge < -0.3 is 5.11 Å². The van der Waals surface area contributed by atoms with Crippen molar-refractivity contribution in [3.63, 3.8) is 0 Å². The Bertz CT molecular complexity index is 540. The van der Waals surface area contributed by atoms with Gasteiger partial charge in [0, 0.05) is 10.6 Å². The van der Waals surface area contributed by atoms with Gasteiger partial charge in [-0.1, -0.05) is 45.0 Å². The predicted octanol–water partition coefficient (Wildman–Crippen LogP) is 3.85. The third-order valence-electron chi connectivity index (χ3n) is 2.38. The second-order valence-corrected chi connectivity index (χ2v) is 7.55. The van der Waals surface area contributed by atoms with Crippen LogP contribution >= 0.6 is 27.2 Å². The monoisotopic (exact) mass is 352 g/mol. The third kappa shape index (κ3) is 5.41. The van der Waals surface area contributed by atoms with Gasteiger partial charge in [0.15, 0.2) is 0 Å². The Labute approximate surface area is 130 Å². The number of para-hydroxylation sites is 1. The average Bonchev–Trinajstić information content (AvgIpc) is 2.38. The normalized spacial score (nSPS) is 10.1. The van der Waals surface area contributed by atoms with E-state index in [1.165, 1.54) is 6.07 Å². The van der Waals surface area contributed by atoms with E-state index in [2.05, 4.69) is 0 Å². The van der Waals surface area contributed by atoms with Crippen LogP contribution in [0.15, 0.2) is 42.5 Å². The zero-order chi connectivity index (χ0) is 14.3. The van der Waals surface area contributed by atoms with Crippen molar-refractivity contribution < 1.29 is 26.5 Å². The zero-order valence-corrected chi connectivity index (χ0v) is 14.2. The molecule has 0 aliphatic rings. The Balaban J connectivity index is 0.000000550. The van der Waals surface area contributed by atoms with E-state index >= 15 is 0 Å². The summed E-state index contributed by atoms with van der Waals surface area (Å²) in [7, 11) is 9.92. The number of rotatable bonds is 2. The van der Waals surface area contributed by atoms with Crippen LogP contribution in [0.4, 0.5) is 4.39 Å². The van der Waals surface area contributed by atoms with Crippen LogP contribution in [-0.2, 0) is 17.0 Å². The van der Waals surface area contributed by atoms with Gasteiger partial charge in [-0.2, -0.15) is 0 Å². The molecule has 0 aromatic heterocycles. The van der Waals surface area contributed by atoms with Gasteiger partial charge >= 0.3 is 35.6 Å². The summed E-state index contributed by atoms with van der Waals surface area (Å²) in [5, 5.41) is 11.2. The molecule has 19 heavy (non-hydrogen) atoms. The molecule has 0 saturated heterocycles. The fourth-order valence-electron chi connectivity index (χ4n) is 1.47. The van der Waals surface area contributed by atoms with E-state index in [1.54, 1.807) is 18.2 Å². The van der Waals surface area contributed by atoms with Crippen molar-refractivity contribution >= 4 is 37.8 Å². The molecule has 6 heteroatoms. The molecule has 0 heterocycles. The van der Waals surface area contributed by atoms with E-state index in [1.807, 2.05) is 25.1 Å². The van der Waals surface area contributed by atoms with Crippen molar-refractivity contribution in [2.24, 2.45) is 0 Å². The van der Waals surface area contributed by atoms with Gasteiger partial charge in [0.2, 0.25) is 0 Å². The first kappa shape index (κ1) is 16.9. The van der Waals surface area contributed by atoms with Crippen LogP contribution in [0, 0.1) is 12.7 Å². The van der Waals surface area contributed by atoms with Gasteiger partial charge in [-0.05, 0) is 18.6 Å². The molecule has 100 valence electrons. The maximum absolute atomic E-state index is 13.4. The number of aromatic hydroxyl groups is 1. The molecular formula is C13H12Cl2FOPTi. The average molecular weight is 353 g/mol. The molecule has 0 radical (unpaired) electrons. The van der Waals surface area contributed by atoms with Crippen LogP contribution in [0.5, 0.6) is 5.75 Å². The van der Waals surface area contributed by atoms with Crippen LogP contribution < -0.4 is 10.6 Å². The van der Waals surface area contributed by atoms with Crippen molar-refractivity contribution in [3.05, 3.63) is 53.8 Å². The van der Waals surface area contributed by atoms with Crippen molar-refractivity contribution in [1.29, 1.82) is 0 Å². The Morgan fingerprint density at radius 2 is 1.63 bits per heavy atom. The van der Waals surface area contributed by atoms with E-state index in [0.717, 1.165) is 10.9 Å². The van der Waals surface area contributed by atoms with Crippen molar-refractivity contribution in [2.75, 3.05) is 0 Å². The van der Waals surface area contributed by atoms with Crippen molar-refractivity contribution in [1.82, 2.24) is 0 Å². The van der Waals surface area contributed by atoms with Gasteiger partial charge in [0.05, 0.1) is 0 Å². The summed E-state index contributed by atoms with van der Waals surface area (Å²) in [5.41, 5.74) is 0.821. The minimum atomic E-state index is -0.556. The molecule has 1 unspecified atom stereocenters. The van der Waals surface area contributed by atoms with Gasteiger partial charge in [-0.15, -0.1) is 0 Å². The van der Waals surface area contributed by atoms with Crippen LogP contribution in [0.2, 0.25) is 0 Å². The first-order valence-electron chi connectivity index (χ1n) is 5.36. The fourth-order valence-corrected chi connectivity index (χ4v) is 2.64. The topological polar surface area (TPSA) is 20.2 Å². The van der Waals surface area contributed by atoms with Crippen molar-refractivity contribution in [2.45, 2.75) is 6.92 Å². The third-order valence-corrected chi connectivity index (χ3v) is 3.73. The van der Waals surface area contributed by atoms with Gasteiger partial charge in [-0.25, -0.2) is 4.39 Å². The first-order valence-corrected chi connectivity index (χ1v) is 10.7. The molecule has 1 nitrogen and oxygen atoms in total. The SMILES string of the molecule is Cc1cccc(Pc2ccccc2F)c1O.[Cl][Ti][Cl]. The molecule has 0 bridgehead atoms. The van der Waals surface area contributed by atoms with Crippen LogP contribution in [0.3, 0.4) is 0 Å². The Morgan fingerprint density at radius 3 is 2.26 bits per heavy atom. The zero-order valence-electron chi connectivity index (χ0n) is 10.1. The van der Waals surface area contributed by atoms with Crippen LogP contribution in [0.1, 0.15) is 5.56 Å². The molecular weight excluding hydrogens is 341 g/mol. The molecule has 0 amide bonds. The van der Waals surface area contributed by atoms with Gasteiger partial charge in [-0.3, -0.25) is 0 Å². The second kappa shape index (κ2) is 8.95. The Hall–Kier alpha value is -0.106. The number of hydrogen-bond acceptors (Lipinski definition) is 1. The number of halogens is 3. The summed E-state index contributed by atoms with van der Waals surface area (Å²) in [5.74, 6) is 0.0471. The fraction of sp³-hybridized carbons (Fsp3) is 0.0769. The molecule has 1 N–H and O–H groups in total. The summed E-state index contributed by atoms with van der Waals surface area (Å²) in [6.07, 6.45) is 0. The van der Waals surface area contributed by atoms with E-state index in [9.17, 15) is 9.50 Å². The number of aryl methyl sites for hydroxylation is 1. The minimum absolute atomic E-state index is 0.146. The molecule has 2 aromatic rings. The standard InChI is InChI=1S/C13H12FOP.2ClH.Ti/c1-9-5-4-8-12(13(9)15)16-11-7-3-2-6-10(11)14;;;/h2-8,15-16H,1H3;2*1H;/q;;;+2/p-2.